The fourth-order valence-corrected chi connectivity index (χ4v) is 4.55. The van der Waals surface area contributed by atoms with Crippen LogP contribution in [-0.2, 0) is 22.4 Å². The molecule has 0 aliphatic carbocycles. The molecule has 1 aliphatic heterocycles. The van der Waals surface area contributed by atoms with Crippen molar-refractivity contribution in [1.29, 1.82) is 0 Å². The summed E-state index contributed by atoms with van der Waals surface area (Å²) in [6.07, 6.45) is 1.21. The highest BCUT2D eigenvalue weighted by molar-refractivity contribution is 5.86. The van der Waals surface area contributed by atoms with E-state index in [4.69, 9.17) is 9.26 Å². The lowest BCUT2D eigenvalue weighted by molar-refractivity contribution is -0.132. The van der Waals surface area contributed by atoms with E-state index in [9.17, 15) is 9.59 Å². The molecule has 4 rings (SSSR count). The van der Waals surface area contributed by atoms with Crippen molar-refractivity contribution >= 4 is 11.8 Å². The monoisotopic (exact) mass is 447 g/mol. The molecule has 0 bridgehead atoms. The van der Waals surface area contributed by atoms with Crippen LogP contribution >= 0.6 is 0 Å². The highest BCUT2D eigenvalue weighted by Crippen LogP contribution is 2.36. The molecule has 33 heavy (non-hydrogen) atoms. The maximum atomic E-state index is 13.0. The number of nitrogens with one attached hydrogen (secondary N) is 1. The van der Waals surface area contributed by atoms with Crippen LogP contribution in [0.3, 0.4) is 0 Å². The summed E-state index contributed by atoms with van der Waals surface area (Å²) >= 11 is 0. The molecule has 1 N–H and O–H groups in total. The van der Waals surface area contributed by atoms with Crippen LogP contribution in [0.4, 0.5) is 0 Å². The van der Waals surface area contributed by atoms with Crippen molar-refractivity contribution in [2.24, 2.45) is 5.41 Å². The molecular weight excluding hydrogens is 418 g/mol. The number of hydrogen-bond acceptors (Lipinski definition) is 5. The number of hydrogen-bond donors (Lipinski definition) is 1. The Morgan fingerprint density at radius 3 is 2.76 bits per heavy atom. The molecule has 1 saturated heterocycles. The van der Waals surface area contributed by atoms with Crippen LogP contribution in [0.25, 0.3) is 11.3 Å². The highest BCUT2D eigenvalue weighted by Gasteiger charge is 2.46. The number of likely N-dealkylation sites (tertiary alicyclic amines) is 1. The van der Waals surface area contributed by atoms with Gasteiger partial charge in [0.2, 0.25) is 11.8 Å². The molecule has 172 valence electrons. The van der Waals surface area contributed by atoms with Crippen molar-refractivity contribution < 1.29 is 18.8 Å². The van der Waals surface area contributed by atoms with Crippen molar-refractivity contribution in [2.45, 2.75) is 26.2 Å². The summed E-state index contributed by atoms with van der Waals surface area (Å²) < 4.78 is 10.9. The standard InChI is InChI=1S/C26H29N3O4/c1-18-7-4-5-10-22(18)23-15-21(33-28-23)16-26(25(31)27-2)11-12-29(17-26)24(30)14-19-8-6-9-20(13-19)32-3/h4-10,13,15H,11-12,14,16-17H2,1-3H3,(H,27,31). The first-order valence-electron chi connectivity index (χ1n) is 11.1. The molecule has 1 atom stereocenters. The van der Waals surface area contributed by atoms with E-state index in [0.717, 1.165) is 28.1 Å². The van der Waals surface area contributed by atoms with Crippen molar-refractivity contribution in [3.8, 4) is 17.0 Å². The zero-order valence-electron chi connectivity index (χ0n) is 19.3. The van der Waals surface area contributed by atoms with Crippen molar-refractivity contribution in [3.05, 3.63) is 71.5 Å². The van der Waals surface area contributed by atoms with Crippen LogP contribution in [-0.4, -0.2) is 49.1 Å². The minimum absolute atomic E-state index is 0.00722. The number of aromatic nitrogens is 1. The summed E-state index contributed by atoms with van der Waals surface area (Å²) in [6, 6.07) is 17.4. The number of carbonyl (C=O) groups is 2. The largest absolute Gasteiger partial charge is 0.497 e. The van der Waals surface area contributed by atoms with Crippen LogP contribution in [0.15, 0.2) is 59.1 Å². The number of ether oxygens (including phenoxy) is 1. The summed E-state index contributed by atoms with van der Waals surface area (Å²) in [4.78, 5) is 27.7. The van der Waals surface area contributed by atoms with Gasteiger partial charge in [-0.2, -0.15) is 0 Å². The Hall–Kier alpha value is -3.61. The maximum absolute atomic E-state index is 13.0. The van der Waals surface area contributed by atoms with Crippen LogP contribution in [0.5, 0.6) is 5.75 Å². The SMILES string of the molecule is CNC(=O)C1(Cc2cc(-c3ccccc3C)no2)CCN(C(=O)Cc2cccc(OC)c2)C1. The number of amides is 2. The summed E-state index contributed by atoms with van der Waals surface area (Å²) in [5.41, 5.74) is 2.99. The molecule has 0 spiro atoms. The smallest absolute Gasteiger partial charge is 0.228 e. The zero-order valence-corrected chi connectivity index (χ0v) is 19.3. The summed E-state index contributed by atoms with van der Waals surface area (Å²) in [5, 5.41) is 7.02. The minimum Gasteiger partial charge on any atom is -0.497 e. The van der Waals surface area contributed by atoms with E-state index in [2.05, 4.69) is 10.5 Å². The summed E-state index contributed by atoms with van der Waals surface area (Å²) in [5.74, 6) is 1.26. The molecule has 1 aromatic heterocycles. The molecule has 2 heterocycles. The number of methoxy groups -OCH3 is 1. The van der Waals surface area contributed by atoms with Crippen LogP contribution in [0, 0.1) is 12.3 Å². The lowest BCUT2D eigenvalue weighted by Crippen LogP contribution is -2.44. The van der Waals surface area contributed by atoms with Gasteiger partial charge in [-0.3, -0.25) is 9.59 Å². The van der Waals surface area contributed by atoms with Gasteiger partial charge in [0.05, 0.1) is 18.9 Å². The molecular formula is C26H29N3O4. The van der Waals surface area contributed by atoms with Gasteiger partial charge in [0.15, 0.2) is 0 Å². The fourth-order valence-electron chi connectivity index (χ4n) is 4.55. The van der Waals surface area contributed by atoms with E-state index in [1.54, 1.807) is 19.1 Å². The van der Waals surface area contributed by atoms with Gasteiger partial charge in [0.1, 0.15) is 17.2 Å². The maximum Gasteiger partial charge on any atom is 0.228 e. The third-order valence-electron chi connectivity index (χ3n) is 6.40. The molecule has 7 heteroatoms. The summed E-state index contributed by atoms with van der Waals surface area (Å²) in [6.45, 7) is 2.89. The second-order valence-electron chi connectivity index (χ2n) is 8.62. The normalized spacial score (nSPS) is 17.7. The number of nitrogens with zero attached hydrogens (tertiary/aromatic N) is 2. The lowest BCUT2D eigenvalue weighted by atomic mass is 9.81. The van der Waals surface area contributed by atoms with E-state index in [1.165, 1.54) is 0 Å². The van der Waals surface area contributed by atoms with Crippen LogP contribution in [0.1, 0.15) is 23.3 Å². The van der Waals surface area contributed by atoms with Gasteiger partial charge in [-0.1, -0.05) is 41.6 Å². The molecule has 0 radical (unpaired) electrons. The van der Waals surface area contributed by atoms with E-state index in [1.807, 2.05) is 61.5 Å². The number of carbonyl (C=O) groups excluding carboxylic acids is 2. The molecule has 3 aromatic rings. The van der Waals surface area contributed by atoms with Gasteiger partial charge >= 0.3 is 0 Å². The van der Waals surface area contributed by atoms with Gasteiger partial charge in [-0.05, 0) is 36.6 Å². The Morgan fingerprint density at radius 2 is 2.00 bits per heavy atom. The van der Waals surface area contributed by atoms with Crippen LogP contribution in [0.2, 0.25) is 0 Å². The lowest BCUT2D eigenvalue weighted by Gasteiger charge is -2.26. The van der Waals surface area contributed by atoms with Gasteiger partial charge in [-0.25, -0.2) is 0 Å². The van der Waals surface area contributed by atoms with Gasteiger partial charge in [0, 0.05) is 38.2 Å². The first-order valence-corrected chi connectivity index (χ1v) is 11.1. The van der Waals surface area contributed by atoms with Crippen molar-refractivity contribution in [2.75, 3.05) is 27.2 Å². The van der Waals surface area contributed by atoms with E-state index in [0.29, 0.717) is 31.7 Å². The third kappa shape index (κ3) is 4.77. The Bertz CT molecular complexity index is 1160. The molecule has 2 aromatic carbocycles. The molecule has 0 saturated carbocycles. The zero-order chi connectivity index (χ0) is 23.4. The second kappa shape index (κ2) is 9.48. The predicted molar refractivity (Wildman–Crippen MR) is 125 cm³/mol. The average molecular weight is 448 g/mol. The van der Waals surface area contributed by atoms with Gasteiger partial charge in [0.25, 0.3) is 0 Å². The molecule has 1 fully saturated rings. The Morgan fingerprint density at radius 1 is 1.18 bits per heavy atom. The van der Waals surface area contributed by atoms with E-state index in [-0.39, 0.29) is 18.2 Å². The van der Waals surface area contributed by atoms with Crippen LogP contribution < -0.4 is 10.1 Å². The number of rotatable bonds is 7. The van der Waals surface area contributed by atoms with Gasteiger partial charge < -0.3 is 19.5 Å². The quantitative estimate of drug-likeness (QED) is 0.600. The fraction of sp³-hybridized carbons (Fsp3) is 0.346. The summed E-state index contributed by atoms with van der Waals surface area (Å²) in [7, 11) is 3.23. The second-order valence-corrected chi connectivity index (χ2v) is 8.62. The molecule has 1 aliphatic rings. The predicted octanol–water partition coefficient (Wildman–Crippen LogP) is 3.41. The Balaban J connectivity index is 1.50. The molecule has 7 nitrogen and oxygen atoms in total. The topological polar surface area (TPSA) is 84.7 Å². The number of aryl methyl sites for hydroxylation is 1. The molecule has 2 amide bonds. The third-order valence-corrected chi connectivity index (χ3v) is 6.40. The number of benzene rings is 2. The molecule has 1 unspecified atom stereocenters. The minimum atomic E-state index is -0.749. The first kappa shape index (κ1) is 22.6. The highest BCUT2D eigenvalue weighted by atomic mass is 16.5. The Labute approximate surface area is 193 Å². The van der Waals surface area contributed by atoms with E-state index < -0.39 is 5.41 Å². The average Bonchev–Trinajstić information content (AvgIpc) is 3.47. The van der Waals surface area contributed by atoms with E-state index >= 15 is 0 Å². The van der Waals surface area contributed by atoms with Gasteiger partial charge in [-0.15, -0.1) is 0 Å². The van der Waals surface area contributed by atoms with Crippen molar-refractivity contribution in [3.63, 3.8) is 0 Å². The Kier molecular flexibility index (Phi) is 6.49. The first-order chi connectivity index (χ1) is 15.9. The van der Waals surface area contributed by atoms with Crippen molar-refractivity contribution in [1.82, 2.24) is 15.4 Å².